The monoisotopic (exact) mass is 359 g/mol. The highest BCUT2D eigenvalue weighted by molar-refractivity contribution is 7.10. The van der Waals surface area contributed by atoms with Crippen LogP contribution in [0, 0.1) is 12.8 Å². The molecule has 0 radical (unpaired) electrons. The molecule has 132 valence electrons. The Bertz CT molecular complexity index is 800. The van der Waals surface area contributed by atoms with Crippen molar-refractivity contribution in [2.24, 2.45) is 17.4 Å². The van der Waals surface area contributed by atoms with E-state index in [-0.39, 0.29) is 5.91 Å². The van der Waals surface area contributed by atoms with Crippen LogP contribution in [0.4, 0.5) is 16.4 Å². The van der Waals surface area contributed by atoms with Gasteiger partial charge in [-0.3, -0.25) is 9.59 Å². The number of hydrogen-bond donors (Lipinski definition) is 4. The van der Waals surface area contributed by atoms with Crippen molar-refractivity contribution in [1.82, 2.24) is 4.37 Å². The fourth-order valence-electron chi connectivity index (χ4n) is 2.64. The lowest BCUT2D eigenvalue weighted by molar-refractivity contribution is -0.118. The van der Waals surface area contributed by atoms with E-state index in [1.165, 1.54) is 11.5 Å². The Morgan fingerprint density at radius 3 is 2.64 bits per heavy atom. The molecule has 1 fully saturated rings. The number of carbonyl (C=O) groups is 2. The van der Waals surface area contributed by atoms with Crippen LogP contribution in [0.15, 0.2) is 24.3 Å². The molecule has 1 saturated carbocycles. The number of nitrogens with zero attached hydrogens (tertiary/aromatic N) is 1. The quantitative estimate of drug-likeness (QED) is 0.576. The normalized spacial score (nSPS) is 14.8. The third-order valence-electron chi connectivity index (χ3n) is 4.12. The van der Waals surface area contributed by atoms with Crippen molar-refractivity contribution in [2.75, 3.05) is 10.6 Å². The van der Waals surface area contributed by atoms with Crippen LogP contribution in [-0.2, 0) is 4.79 Å². The Morgan fingerprint density at radius 1 is 1.32 bits per heavy atom. The Morgan fingerprint density at radius 2 is 2.08 bits per heavy atom. The summed E-state index contributed by atoms with van der Waals surface area (Å²) in [5, 5.41) is 7.15. The Balaban J connectivity index is 1.83. The van der Waals surface area contributed by atoms with E-state index in [4.69, 9.17) is 11.5 Å². The van der Waals surface area contributed by atoms with Gasteiger partial charge in [-0.25, -0.2) is 0 Å². The first-order valence-corrected chi connectivity index (χ1v) is 8.90. The van der Waals surface area contributed by atoms with E-state index >= 15 is 0 Å². The lowest BCUT2D eigenvalue weighted by atomic mass is 10.1. The first-order chi connectivity index (χ1) is 11.9. The summed E-state index contributed by atoms with van der Waals surface area (Å²) in [5.74, 6) is -0.342. The molecular weight excluding hydrogens is 338 g/mol. The number of anilines is 3. The fourth-order valence-corrected chi connectivity index (χ4v) is 3.32. The van der Waals surface area contributed by atoms with Crippen LogP contribution in [-0.4, -0.2) is 22.2 Å². The second-order valence-corrected chi connectivity index (χ2v) is 7.17. The molecule has 1 atom stereocenters. The third kappa shape index (κ3) is 4.48. The topological polar surface area (TPSA) is 123 Å². The van der Waals surface area contributed by atoms with Crippen molar-refractivity contribution in [3.8, 4) is 0 Å². The number of rotatable bonds is 8. The first kappa shape index (κ1) is 17.2. The highest BCUT2D eigenvalue weighted by atomic mass is 32.1. The molecule has 0 bridgehead atoms. The SMILES string of the molecule is Cc1cc(Nc2cc(NC(CC3CC3)C(N)=O)ccc2C(N)=O)sn1. The van der Waals surface area contributed by atoms with Gasteiger partial charge < -0.3 is 22.1 Å². The molecule has 2 aromatic rings. The molecule has 3 rings (SSSR count). The number of aromatic nitrogens is 1. The van der Waals surface area contributed by atoms with E-state index < -0.39 is 11.9 Å². The van der Waals surface area contributed by atoms with Gasteiger partial charge in [0.05, 0.1) is 16.9 Å². The number of hydrogen-bond acceptors (Lipinski definition) is 6. The zero-order chi connectivity index (χ0) is 18.0. The van der Waals surface area contributed by atoms with E-state index in [9.17, 15) is 9.59 Å². The van der Waals surface area contributed by atoms with Gasteiger partial charge in [-0.15, -0.1) is 0 Å². The molecule has 0 saturated heterocycles. The number of benzene rings is 1. The Labute approximate surface area is 150 Å². The highest BCUT2D eigenvalue weighted by Gasteiger charge is 2.28. The van der Waals surface area contributed by atoms with Gasteiger partial charge in [-0.05, 0) is 55.1 Å². The maximum atomic E-state index is 11.7. The minimum atomic E-state index is -0.528. The predicted octanol–water partition coefficient (Wildman–Crippen LogP) is 2.36. The summed E-state index contributed by atoms with van der Waals surface area (Å²) in [4.78, 5) is 23.4. The second kappa shape index (κ2) is 7.10. The minimum Gasteiger partial charge on any atom is -0.374 e. The predicted molar refractivity (Wildman–Crippen MR) is 99.0 cm³/mol. The van der Waals surface area contributed by atoms with E-state index in [2.05, 4.69) is 15.0 Å². The summed E-state index contributed by atoms with van der Waals surface area (Å²) in [6.07, 6.45) is 3.01. The molecule has 6 N–H and O–H groups in total. The molecule has 25 heavy (non-hydrogen) atoms. The van der Waals surface area contributed by atoms with Crippen LogP contribution >= 0.6 is 11.5 Å². The molecule has 0 aliphatic heterocycles. The number of nitrogens with one attached hydrogen (secondary N) is 2. The van der Waals surface area contributed by atoms with Crippen LogP contribution in [0.2, 0.25) is 0 Å². The number of carbonyl (C=O) groups excluding carboxylic acids is 2. The largest absolute Gasteiger partial charge is 0.374 e. The summed E-state index contributed by atoms with van der Waals surface area (Å²) < 4.78 is 4.21. The zero-order valence-electron chi connectivity index (χ0n) is 13.9. The van der Waals surface area contributed by atoms with E-state index in [1.807, 2.05) is 13.0 Å². The first-order valence-electron chi connectivity index (χ1n) is 8.12. The minimum absolute atomic E-state index is 0.370. The average Bonchev–Trinajstić information content (AvgIpc) is 3.27. The van der Waals surface area contributed by atoms with Gasteiger partial charge in [0.15, 0.2) is 0 Å². The van der Waals surface area contributed by atoms with Gasteiger partial charge in [0.2, 0.25) is 5.91 Å². The summed E-state index contributed by atoms with van der Waals surface area (Å²) in [6.45, 7) is 1.89. The van der Waals surface area contributed by atoms with Crippen molar-refractivity contribution in [3.05, 3.63) is 35.5 Å². The molecule has 1 aliphatic carbocycles. The summed E-state index contributed by atoms with van der Waals surface area (Å²) in [6, 6.07) is 6.58. The Kier molecular flexibility index (Phi) is 4.89. The number of aryl methyl sites for hydroxylation is 1. The molecule has 7 nitrogen and oxygen atoms in total. The van der Waals surface area contributed by atoms with Crippen molar-refractivity contribution in [3.63, 3.8) is 0 Å². The van der Waals surface area contributed by atoms with Crippen LogP contribution in [0.1, 0.15) is 35.3 Å². The van der Waals surface area contributed by atoms with Gasteiger partial charge in [0, 0.05) is 5.69 Å². The average molecular weight is 359 g/mol. The highest BCUT2D eigenvalue weighted by Crippen LogP contribution is 2.34. The molecule has 8 heteroatoms. The molecule has 1 unspecified atom stereocenters. The molecule has 1 heterocycles. The standard InChI is InChI=1S/C17H21N5O2S/c1-9-6-15(25-22-9)21-13-8-11(4-5-12(13)16(18)23)20-14(17(19)24)7-10-2-3-10/h4-6,8,10,14,20-21H,2-3,7H2,1H3,(H2,18,23)(H2,19,24). The summed E-state index contributed by atoms with van der Waals surface area (Å²) in [7, 11) is 0. The summed E-state index contributed by atoms with van der Waals surface area (Å²) in [5.41, 5.74) is 13.5. The van der Waals surface area contributed by atoms with Crippen LogP contribution in [0.3, 0.4) is 0 Å². The number of amides is 2. The van der Waals surface area contributed by atoms with Gasteiger partial charge in [0.1, 0.15) is 11.0 Å². The molecule has 1 aromatic heterocycles. The van der Waals surface area contributed by atoms with Gasteiger partial charge in [-0.1, -0.05) is 12.8 Å². The Hall–Kier alpha value is -2.61. The number of nitrogens with two attached hydrogens (primary N) is 2. The van der Waals surface area contributed by atoms with E-state index in [1.54, 1.807) is 18.2 Å². The van der Waals surface area contributed by atoms with Crippen LogP contribution in [0.25, 0.3) is 0 Å². The van der Waals surface area contributed by atoms with Gasteiger partial charge in [0.25, 0.3) is 5.91 Å². The molecule has 2 amide bonds. The fraction of sp³-hybridized carbons (Fsp3) is 0.353. The lowest BCUT2D eigenvalue weighted by Crippen LogP contribution is -2.35. The van der Waals surface area contributed by atoms with Gasteiger partial charge >= 0.3 is 0 Å². The lowest BCUT2D eigenvalue weighted by Gasteiger charge is -2.18. The van der Waals surface area contributed by atoms with E-state index in [0.29, 0.717) is 22.9 Å². The molecule has 1 aliphatic rings. The van der Waals surface area contributed by atoms with E-state index in [0.717, 1.165) is 30.0 Å². The third-order valence-corrected chi connectivity index (χ3v) is 4.92. The van der Waals surface area contributed by atoms with Crippen molar-refractivity contribution in [2.45, 2.75) is 32.2 Å². The molecule has 1 aromatic carbocycles. The van der Waals surface area contributed by atoms with Crippen molar-refractivity contribution >= 4 is 39.7 Å². The van der Waals surface area contributed by atoms with Gasteiger partial charge in [-0.2, -0.15) is 4.37 Å². The second-order valence-electron chi connectivity index (χ2n) is 6.36. The van der Waals surface area contributed by atoms with Crippen molar-refractivity contribution < 1.29 is 9.59 Å². The zero-order valence-corrected chi connectivity index (χ0v) is 14.7. The maximum absolute atomic E-state index is 11.7. The van der Waals surface area contributed by atoms with Crippen LogP contribution < -0.4 is 22.1 Å². The molecular formula is C17H21N5O2S. The maximum Gasteiger partial charge on any atom is 0.250 e. The summed E-state index contributed by atoms with van der Waals surface area (Å²) >= 11 is 1.30. The van der Waals surface area contributed by atoms with Crippen LogP contribution in [0.5, 0.6) is 0 Å². The number of primary amides is 2. The molecule has 0 spiro atoms. The smallest absolute Gasteiger partial charge is 0.250 e. The van der Waals surface area contributed by atoms with Crippen molar-refractivity contribution in [1.29, 1.82) is 0 Å².